The van der Waals surface area contributed by atoms with Crippen molar-refractivity contribution >= 4 is 17.7 Å². The molecule has 0 aromatic heterocycles. The second-order valence-electron chi connectivity index (χ2n) is 3.43. The van der Waals surface area contributed by atoms with Crippen molar-refractivity contribution in [2.24, 2.45) is 10.1 Å². The van der Waals surface area contributed by atoms with Crippen LogP contribution >= 0.6 is 0 Å². The van der Waals surface area contributed by atoms with Crippen LogP contribution in [0.3, 0.4) is 0 Å². The number of benzene rings is 1. The monoisotopic (exact) mass is 214 g/mol. The van der Waals surface area contributed by atoms with Gasteiger partial charge in [0.2, 0.25) is 0 Å². The Morgan fingerprint density at radius 3 is 3.00 bits per heavy atom. The SMILES string of the molecule is Cc1cc(N2C=NCC(C#N)=N2)ccc1O. The molecule has 1 aromatic carbocycles. The maximum Gasteiger partial charge on any atom is 0.160 e. The number of aryl methyl sites for hydroxylation is 1. The summed E-state index contributed by atoms with van der Waals surface area (Å²) in [5, 5.41) is 23.8. The summed E-state index contributed by atoms with van der Waals surface area (Å²) in [6, 6.07) is 7.07. The number of nitriles is 1. The summed E-state index contributed by atoms with van der Waals surface area (Å²) >= 11 is 0. The van der Waals surface area contributed by atoms with E-state index >= 15 is 0 Å². The summed E-state index contributed by atoms with van der Waals surface area (Å²) < 4.78 is 0. The number of nitrogens with zero attached hydrogens (tertiary/aromatic N) is 4. The van der Waals surface area contributed by atoms with Crippen molar-refractivity contribution in [3.05, 3.63) is 23.8 Å². The minimum atomic E-state index is 0.238. The zero-order chi connectivity index (χ0) is 11.5. The first-order valence-corrected chi connectivity index (χ1v) is 4.77. The molecule has 1 heterocycles. The molecule has 0 radical (unpaired) electrons. The van der Waals surface area contributed by atoms with Crippen LogP contribution in [0.2, 0.25) is 0 Å². The zero-order valence-electron chi connectivity index (χ0n) is 8.75. The first-order valence-electron chi connectivity index (χ1n) is 4.77. The van der Waals surface area contributed by atoms with E-state index in [1.54, 1.807) is 31.5 Å². The normalized spacial score (nSPS) is 14.5. The Kier molecular flexibility index (Phi) is 2.56. The summed E-state index contributed by atoms with van der Waals surface area (Å²) in [5.74, 6) is 0.238. The predicted octanol–water partition coefficient (Wildman–Crippen LogP) is 1.43. The lowest BCUT2D eigenvalue weighted by atomic mass is 10.2. The average Bonchev–Trinajstić information content (AvgIpc) is 2.33. The molecule has 1 aromatic rings. The number of anilines is 1. The van der Waals surface area contributed by atoms with Gasteiger partial charge in [-0.25, -0.2) is 5.01 Å². The summed E-state index contributed by atoms with van der Waals surface area (Å²) in [5.41, 5.74) is 1.89. The fraction of sp³-hybridized carbons (Fsp3) is 0.182. The summed E-state index contributed by atoms with van der Waals surface area (Å²) in [7, 11) is 0. The third-order valence-electron chi connectivity index (χ3n) is 2.23. The van der Waals surface area contributed by atoms with Gasteiger partial charge in [-0.15, -0.1) is 0 Å². The molecule has 0 saturated heterocycles. The lowest BCUT2D eigenvalue weighted by Crippen LogP contribution is -2.22. The molecular formula is C11H10N4O. The molecule has 0 spiro atoms. The van der Waals surface area contributed by atoms with Gasteiger partial charge in [0.15, 0.2) is 5.71 Å². The summed E-state index contributed by atoms with van der Waals surface area (Å²) in [6.07, 6.45) is 1.56. The maximum atomic E-state index is 9.40. The Balaban J connectivity index is 2.34. The molecule has 0 amide bonds. The van der Waals surface area contributed by atoms with Crippen molar-refractivity contribution in [2.75, 3.05) is 11.6 Å². The molecule has 80 valence electrons. The van der Waals surface area contributed by atoms with E-state index in [1.807, 2.05) is 6.07 Å². The Hall–Kier alpha value is -2.35. The molecule has 2 rings (SSSR count). The van der Waals surface area contributed by atoms with E-state index in [-0.39, 0.29) is 5.75 Å². The number of aliphatic imine (C=N–C) groups is 1. The van der Waals surface area contributed by atoms with Crippen molar-refractivity contribution in [2.45, 2.75) is 6.92 Å². The van der Waals surface area contributed by atoms with Gasteiger partial charge in [-0.2, -0.15) is 10.4 Å². The molecule has 0 unspecified atom stereocenters. The van der Waals surface area contributed by atoms with E-state index < -0.39 is 0 Å². The molecule has 0 atom stereocenters. The molecular weight excluding hydrogens is 204 g/mol. The van der Waals surface area contributed by atoms with Gasteiger partial charge < -0.3 is 5.11 Å². The highest BCUT2D eigenvalue weighted by Crippen LogP contribution is 2.23. The van der Waals surface area contributed by atoms with Crippen LogP contribution in [0.15, 0.2) is 28.3 Å². The highest BCUT2D eigenvalue weighted by Gasteiger charge is 2.10. The van der Waals surface area contributed by atoms with E-state index in [0.29, 0.717) is 12.3 Å². The van der Waals surface area contributed by atoms with Crippen molar-refractivity contribution < 1.29 is 5.11 Å². The number of hydrogen-bond donors (Lipinski definition) is 1. The number of aromatic hydroxyl groups is 1. The molecule has 5 nitrogen and oxygen atoms in total. The van der Waals surface area contributed by atoms with Crippen molar-refractivity contribution in [1.82, 2.24) is 0 Å². The van der Waals surface area contributed by atoms with Gasteiger partial charge in [0, 0.05) is 0 Å². The van der Waals surface area contributed by atoms with Gasteiger partial charge in [0.05, 0.1) is 12.2 Å². The lowest BCUT2D eigenvalue weighted by Gasteiger charge is -2.17. The van der Waals surface area contributed by atoms with Gasteiger partial charge in [-0.3, -0.25) is 4.99 Å². The van der Waals surface area contributed by atoms with Crippen LogP contribution in [0.5, 0.6) is 5.75 Å². The lowest BCUT2D eigenvalue weighted by molar-refractivity contribution is 0.471. The van der Waals surface area contributed by atoms with E-state index in [9.17, 15) is 5.11 Å². The summed E-state index contributed by atoms with van der Waals surface area (Å²) in [4.78, 5) is 4.02. The number of rotatable bonds is 1. The second kappa shape index (κ2) is 4.03. The van der Waals surface area contributed by atoms with Crippen molar-refractivity contribution in [1.29, 1.82) is 5.26 Å². The minimum absolute atomic E-state index is 0.238. The van der Waals surface area contributed by atoms with Gasteiger partial charge in [-0.05, 0) is 30.7 Å². The molecule has 16 heavy (non-hydrogen) atoms. The number of phenolic OH excluding ortho intramolecular Hbond substituents is 1. The molecule has 1 aliphatic rings. The summed E-state index contributed by atoms with van der Waals surface area (Å²) in [6.45, 7) is 2.12. The van der Waals surface area contributed by atoms with Crippen LogP contribution < -0.4 is 5.01 Å². The third kappa shape index (κ3) is 1.86. The van der Waals surface area contributed by atoms with Crippen LogP contribution in [-0.4, -0.2) is 23.7 Å². The fourth-order valence-electron chi connectivity index (χ4n) is 1.36. The predicted molar refractivity (Wildman–Crippen MR) is 61.7 cm³/mol. The van der Waals surface area contributed by atoms with Crippen molar-refractivity contribution in [3.8, 4) is 11.8 Å². The number of hydrazone groups is 1. The second-order valence-corrected chi connectivity index (χ2v) is 3.43. The zero-order valence-corrected chi connectivity index (χ0v) is 8.75. The molecule has 5 heteroatoms. The highest BCUT2D eigenvalue weighted by atomic mass is 16.3. The van der Waals surface area contributed by atoms with E-state index in [0.717, 1.165) is 11.3 Å². The topological polar surface area (TPSA) is 72.0 Å². The first kappa shape index (κ1) is 10.2. The molecule has 0 aliphatic carbocycles. The van der Waals surface area contributed by atoms with Gasteiger partial charge in [0.1, 0.15) is 18.2 Å². The highest BCUT2D eigenvalue weighted by molar-refractivity contribution is 6.04. The Morgan fingerprint density at radius 1 is 1.50 bits per heavy atom. The molecule has 0 saturated carbocycles. The van der Waals surface area contributed by atoms with Crippen LogP contribution in [-0.2, 0) is 0 Å². The van der Waals surface area contributed by atoms with Crippen LogP contribution in [0.4, 0.5) is 5.69 Å². The van der Waals surface area contributed by atoms with E-state index in [4.69, 9.17) is 5.26 Å². The van der Waals surface area contributed by atoms with Gasteiger partial charge in [0.25, 0.3) is 0 Å². The Morgan fingerprint density at radius 2 is 2.31 bits per heavy atom. The molecule has 1 aliphatic heterocycles. The third-order valence-corrected chi connectivity index (χ3v) is 2.23. The maximum absolute atomic E-state index is 9.40. The average molecular weight is 214 g/mol. The van der Waals surface area contributed by atoms with E-state index in [2.05, 4.69) is 10.1 Å². The Labute approximate surface area is 93.0 Å². The first-order chi connectivity index (χ1) is 7.70. The van der Waals surface area contributed by atoms with Crippen molar-refractivity contribution in [3.63, 3.8) is 0 Å². The minimum Gasteiger partial charge on any atom is -0.508 e. The largest absolute Gasteiger partial charge is 0.508 e. The number of phenols is 1. The molecule has 0 bridgehead atoms. The standard InChI is InChI=1S/C11H10N4O/c1-8-4-10(2-3-11(8)16)15-7-13-6-9(5-12)14-15/h2-4,7,16H,6H2,1H3. The van der Waals surface area contributed by atoms with Gasteiger partial charge >= 0.3 is 0 Å². The van der Waals surface area contributed by atoms with E-state index in [1.165, 1.54) is 5.01 Å². The fourth-order valence-corrected chi connectivity index (χ4v) is 1.36. The molecule has 0 fully saturated rings. The smallest absolute Gasteiger partial charge is 0.160 e. The number of hydrogen-bond acceptors (Lipinski definition) is 5. The van der Waals surface area contributed by atoms with Crippen LogP contribution in [0.25, 0.3) is 0 Å². The Bertz CT molecular complexity index is 513. The van der Waals surface area contributed by atoms with Crippen LogP contribution in [0.1, 0.15) is 5.56 Å². The quantitative estimate of drug-likeness (QED) is 0.768. The van der Waals surface area contributed by atoms with Crippen LogP contribution in [0, 0.1) is 18.3 Å². The molecule has 1 N–H and O–H groups in total. The van der Waals surface area contributed by atoms with Gasteiger partial charge in [-0.1, -0.05) is 0 Å².